The van der Waals surface area contributed by atoms with Crippen LogP contribution in [0.5, 0.6) is 0 Å². The van der Waals surface area contributed by atoms with Crippen molar-refractivity contribution in [3.05, 3.63) is 0 Å². The van der Waals surface area contributed by atoms with E-state index < -0.39 is 0 Å². The van der Waals surface area contributed by atoms with Crippen molar-refractivity contribution in [2.75, 3.05) is 19.6 Å². The van der Waals surface area contributed by atoms with Crippen molar-refractivity contribution in [3.63, 3.8) is 0 Å². The molecule has 4 atom stereocenters. The minimum Gasteiger partial charge on any atom is -0.352 e. The van der Waals surface area contributed by atoms with Crippen LogP contribution < -0.4 is 5.32 Å². The number of hydrogen-bond donors (Lipinski definition) is 1. The SMILES string of the molecule is CCCC(C)CC(=O)NC(C)CN1CC(C)CC(C)C1. The Balaban J connectivity index is 2.28. The van der Waals surface area contributed by atoms with E-state index in [-0.39, 0.29) is 11.9 Å². The second kappa shape index (κ2) is 8.66. The van der Waals surface area contributed by atoms with E-state index in [1.807, 2.05) is 0 Å². The molecule has 4 unspecified atom stereocenters. The van der Waals surface area contributed by atoms with Gasteiger partial charge in [0.15, 0.2) is 0 Å². The van der Waals surface area contributed by atoms with E-state index in [1.54, 1.807) is 0 Å². The molecule has 0 aromatic rings. The molecule has 1 fully saturated rings. The van der Waals surface area contributed by atoms with Crippen LogP contribution in [-0.4, -0.2) is 36.5 Å². The highest BCUT2D eigenvalue weighted by Crippen LogP contribution is 2.20. The normalized spacial score (nSPS) is 27.1. The maximum Gasteiger partial charge on any atom is 0.220 e. The molecule has 0 aromatic heterocycles. The van der Waals surface area contributed by atoms with E-state index in [9.17, 15) is 4.79 Å². The molecule has 1 heterocycles. The fraction of sp³-hybridized carbons (Fsp3) is 0.941. The zero-order valence-corrected chi connectivity index (χ0v) is 14.1. The molecule has 1 aliphatic heterocycles. The molecular weight excluding hydrogens is 248 g/mol. The molecule has 1 aliphatic rings. The molecule has 20 heavy (non-hydrogen) atoms. The summed E-state index contributed by atoms with van der Waals surface area (Å²) in [5, 5.41) is 3.17. The molecular formula is C17H34N2O. The van der Waals surface area contributed by atoms with Gasteiger partial charge in [0.1, 0.15) is 0 Å². The number of piperidine rings is 1. The van der Waals surface area contributed by atoms with Gasteiger partial charge in [-0.3, -0.25) is 4.79 Å². The second-order valence-corrected chi connectivity index (χ2v) is 7.23. The lowest BCUT2D eigenvalue weighted by Gasteiger charge is -2.36. The average Bonchev–Trinajstić information content (AvgIpc) is 2.26. The van der Waals surface area contributed by atoms with Gasteiger partial charge >= 0.3 is 0 Å². The van der Waals surface area contributed by atoms with E-state index in [0.29, 0.717) is 12.3 Å². The number of likely N-dealkylation sites (tertiary alicyclic amines) is 1. The van der Waals surface area contributed by atoms with Crippen molar-refractivity contribution in [3.8, 4) is 0 Å². The number of carbonyl (C=O) groups excluding carboxylic acids is 1. The van der Waals surface area contributed by atoms with Gasteiger partial charge in [-0.25, -0.2) is 0 Å². The van der Waals surface area contributed by atoms with Crippen LogP contribution in [0, 0.1) is 17.8 Å². The minimum atomic E-state index is 0.219. The van der Waals surface area contributed by atoms with Crippen LogP contribution in [0.3, 0.4) is 0 Å². The minimum absolute atomic E-state index is 0.219. The highest BCUT2D eigenvalue weighted by molar-refractivity contribution is 5.76. The molecule has 0 aliphatic carbocycles. The van der Waals surface area contributed by atoms with Crippen LogP contribution in [-0.2, 0) is 4.79 Å². The van der Waals surface area contributed by atoms with Crippen LogP contribution in [0.1, 0.15) is 60.3 Å². The Bertz CT molecular complexity index is 283. The topological polar surface area (TPSA) is 32.3 Å². The molecule has 0 saturated carbocycles. The Morgan fingerprint density at radius 1 is 1.25 bits per heavy atom. The van der Waals surface area contributed by atoms with Gasteiger partial charge in [-0.1, -0.05) is 40.5 Å². The summed E-state index contributed by atoms with van der Waals surface area (Å²) in [5.41, 5.74) is 0. The number of amides is 1. The van der Waals surface area contributed by atoms with Crippen LogP contribution in [0.15, 0.2) is 0 Å². The first-order valence-corrected chi connectivity index (χ1v) is 8.42. The van der Waals surface area contributed by atoms with E-state index in [0.717, 1.165) is 31.2 Å². The summed E-state index contributed by atoms with van der Waals surface area (Å²) in [7, 11) is 0. The molecule has 0 bridgehead atoms. The number of nitrogens with one attached hydrogen (secondary N) is 1. The maximum absolute atomic E-state index is 12.0. The first-order chi connectivity index (χ1) is 9.40. The summed E-state index contributed by atoms with van der Waals surface area (Å²) < 4.78 is 0. The Morgan fingerprint density at radius 2 is 1.85 bits per heavy atom. The predicted octanol–water partition coefficient (Wildman–Crippen LogP) is 3.30. The van der Waals surface area contributed by atoms with Crippen LogP contribution in [0.25, 0.3) is 0 Å². The Kier molecular flexibility index (Phi) is 7.57. The lowest BCUT2D eigenvalue weighted by atomic mass is 9.91. The molecule has 1 rings (SSSR count). The van der Waals surface area contributed by atoms with Gasteiger partial charge in [0.2, 0.25) is 5.91 Å². The molecule has 118 valence electrons. The zero-order chi connectivity index (χ0) is 15.1. The smallest absolute Gasteiger partial charge is 0.220 e. The third-order valence-electron chi connectivity index (χ3n) is 4.20. The number of nitrogens with zero attached hydrogens (tertiary/aromatic N) is 1. The summed E-state index contributed by atoms with van der Waals surface area (Å²) in [4.78, 5) is 14.5. The Hall–Kier alpha value is -0.570. The van der Waals surface area contributed by atoms with Crippen molar-refractivity contribution in [2.45, 2.75) is 66.3 Å². The van der Waals surface area contributed by atoms with Crippen LogP contribution in [0.2, 0.25) is 0 Å². The average molecular weight is 282 g/mol. The molecule has 0 radical (unpaired) electrons. The van der Waals surface area contributed by atoms with Gasteiger partial charge in [-0.05, 0) is 31.1 Å². The van der Waals surface area contributed by atoms with Gasteiger partial charge in [0.25, 0.3) is 0 Å². The monoisotopic (exact) mass is 282 g/mol. The van der Waals surface area contributed by atoms with Crippen molar-refractivity contribution >= 4 is 5.91 Å². The first kappa shape index (κ1) is 17.5. The summed E-state index contributed by atoms with van der Waals surface area (Å²) in [6.45, 7) is 14.5. The fourth-order valence-corrected chi connectivity index (χ4v) is 3.62. The van der Waals surface area contributed by atoms with Crippen LogP contribution >= 0.6 is 0 Å². The number of hydrogen-bond acceptors (Lipinski definition) is 2. The van der Waals surface area contributed by atoms with Crippen LogP contribution in [0.4, 0.5) is 0 Å². The summed E-state index contributed by atoms with van der Waals surface area (Å²) in [6, 6.07) is 0.258. The van der Waals surface area contributed by atoms with Crippen molar-refractivity contribution in [2.24, 2.45) is 17.8 Å². The summed E-state index contributed by atoms with van der Waals surface area (Å²) >= 11 is 0. The summed E-state index contributed by atoms with van der Waals surface area (Å²) in [6.07, 6.45) is 4.31. The summed E-state index contributed by atoms with van der Waals surface area (Å²) in [5.74, 6) is 2.29. The molecule has 0 aromatic carbocycles. The molecule has 1 amide bonds. The van der Waals surface area contributed by atoms with E-state index in [2.05, 4.69) is 44.8 Å². The molecule has 1 N–H and O–H groups in total. The zero-order valence-electron chi connectivity index (χ0n) is 14.1. The fourth-order valence-electron chi connectivity index (χ4n) is 3.62. The lowest BCUT2D eigenvalue weighted by Crippen LogP contribution is -2.47. The van der Waals surface area contributed by atoms with Gasteiger partial charge in [0.05, 0.1) is 0 Å². The van der Waals surface area contributed by atoms with Gasteiger partial charge in [-0.15, -0.1) is 0 Å². The third-order valence-corrected chi connectivity index (χ3v) is 4.20. The Labute approximate surface area is 125 Å². The van der Waals surface area contributed by atoms with E-state index in [1.165, 1.54) is 19.5 Å². The third kappa shape index (κ3) is 6.74. The van der Waals surface area contributed by atoms with Gasteiger partial charge < -0.3 is 10.2 Å². The second-order valence-electron chi connectivity index (χ2n) is 7.23. The predicted molar refractivity (Wildman–Crippen MR) is 85.7 cm³/mol. The quantitative estimate of drug-likeness (QED) is 0.777. The highest BCUT2D eigenvalue weighted by Gasteiger charge is 2.23. The lowest BCUT2D eigenvalue weighted by molar-refractivity contribution is -0.122. The van der Waals surface area contributed by atoms with Crippen molar-refractivity contribution in [1.82, 2.24) is 10.2 Å². The standard InChI is InChI=1S/C17H34N2O/c1-6-7-13(2)9-17(20)18-16(5)12-19-10-14(3)8-15(4)11-19/h13-16H,6-12H2,1-5H3,(H,18,20). The molecule has 3 nitrogen and oxygen atoms in total. The highest BCUT2D eigenvalue weighted by atomic mass is 16.1. The first-order valence-electron chi connectivity index (χ1n) is 8.42. The van der Waals surface area contributed by atoms with E-state index in [4.69, 9.17) is 0 Å². The Morgan fingerprint density at radius 3 is 2.40 bits per heavy atom. The van der Waals surface area contributed by atoms with Gasteiger partial charge in [-0.2, -0.15) is 0 Å². The molecule has 1 saturated heterocycles. The van der Waals surface area contributed by atoms with Gasteiger partial charge in [0, 0.05) is 32.1 Å². The molecule has 3 heteroatoms. The number of rotatable bonds is 7. The largest absolute Gasteiger partial charge is 0.352 e. The maximum atomic E-state index is 12.0. The van der Waals surface area contributed by atoms with E-state index >= 15 is 0 Å². The van der Waals surface area contributed by atoms with Crippen molar-refractivity contribution < 1.29 is 4.79 Å². The molecule has 0 spiro atoms. The number of carbonyl (C=O) groups is 1. The van der Waals surface area contributed by atoms with Crippen molar-refractivity contribution in [1.29, 1.82) is 0 Å².